The number of para-hydroxylation sites is 1. The number of amides is 2. The number of hydrogen-bond acceptors (Lipinski definition) is 5. The minimum Gasteiger partial charge on any atom is -0.486 e. The number of benzene rings is 1. The van der Waals surface area contributed by atoms with E-state index in [0.29, 0.717) is 5.75 Å². The van der Waals surface area contributed by atoms with Crippen LogP contribution in [-0.4, -0.2) is 37.0 Å². The van der Waals surface area contributed by atoms with Crippen molar-refractivity contribution in [3.8, 4) is 5.75 Å². The largest absolute Gasteiger partial charge is 0.486 e. The van der Waals surface area contributed by atoms with E-state index in [-0.39, 0.29) is 18.8 Å². The number of nitrogens with one attached hydrogen (secondary N) is 1. The number of carbonyl (C=O) groups is 3. The third-order valence-electron chi connectivity index (χ3n) is 3.65. The second kappa shape index (κ2) is 11.8. The van der Waals surface area contributed by atoms with Crippen LogP contribution in [0.4, 0.5) is 4.79 Å². The molecular weight excluding hydrogens is 336 g/mol. The normalized spacial score (nSPS) is 11.3. The highest BCUT2D eigenvalue weighted by molar-refractivity contribution is 6.00. The van der Waals surface area contributed by atoms with Gasteiger partial charge in [-0.25, -0.2) is 9.59 Å². The van der Waals surface area contributed by atoms with Crippen LogP contribution in [-0.2, 0) is 14.3 Å². The predicted molar refractivity (Wildman–Crippen MR) is 96.4 cm³/mol. The third kappa shape index (κ3) is 7.94. The Morgan fingerprint density at radius 1 is 1.15 bits per heavy atom. The fourth-order valence-electron chi connectivity index (χ4n) is 2.13. The number of Topliss-reactive ketones (excluding diaryl/α,β-unsaturated/α-hetero) is 1. The third-order valence-corrected chi connectivity index (χ3v) is 3.65. The van der Waals surface area contributed by atoms with Gasteiger partial charge >= 0.3 is 12.0 Å². The number of alkyl carbamates (subject to hydrolysis) is 1. The number of rotatable bonds is 12. The Morgan fingerprint density at radius 3 is 2.46 bits per heavy atom. The fraction of sp³-hybridized carbons (Fsp3) is 0.421. The lowest BCUT2D eigenvalue weighted by Crippen LogP contribution is -2.61. The van der Waals surface area contributed by atoms with E-state index in [0.717, 1.165) is 25.7 Å². The molecule has 0 fully saturated rings. The van der Waals surface area contributed by atoms with E-state index < -0.39 is 23.8 Å². The van der Waals surface area contributed by atoms with Gasteiger partial charge in [0.05, 0.1) is 12.2 Å². The molecule has 7 heteroatoms. The maximum Gasteiger partial charge on any atom is 0.407 e. The van der Waals surface area contributed by atoms with Gasteiger partial charge in [0.15, 0.2) is 5.78 Å². The zero-order valence-electron chi connectivity index (χ0n) is 15.2. The summed E-state index contributed by atoms with van der Waals surface area (Å²) in [5.41, 5.74) is 3.12. The van der Waals surface area contributed by atoms with Gasteiger partial charge in [-0.2, -0.15) is 0 Å². The molecule has 0 saturated carbocycles. The first-order valence-electron chi connectivity index (χ1n) is 8.64. The average Bonchev–Trinajstić information content (AvgIpc) is 2.64. The molecule has 0 aliphatic rings. The molecule has 0 aromatic heterocycles. The molecular formula is C19H27N2O5+. The summed E-state index contributed by atoms with van der Waals surface area (Å²) >= 11 is 0. The summed E-state index contributed by atoms with van der Waals surface area (Å²) in [5, 5.41) is 2.37. The molecule has 4 N–H and O–H groups in total. The maximum absolute atomic E-state index is 12.4. The highest BCUT2D eigenvalue weighted by Crippen LogP contribution is 2.09. The number of carbonyl (C=O) groups excluding carboxylic acids is 3. The first-order valence-corrected chi connectivity index (χ1v) is 8.64. The molecule has 0 aliphatic carbocycles. The number of quaternary nitrogens is 1. The first-order chi connectivity index (χ1) is 12.5. The van der Waals surface area contributed by atoms with E-state index in [1.165, 1.54) is 0 Å². The molecule has 2 amide bonds. The smallest absolute Gasteiger partial charge is 0.407 e. The molecule has 0 unspecified atom stereocenters. The Bertz CT molecular complexity index is 616. The van der Waals surface area contributed by atoms with Crippen molar-refractivity contribution in [3.05, 3.63) is 42.5 Å². The van der Waals surface area contributed by atoms with Crippen LogP contribution in [0, 0.1) is 0 Å². The Hall–Kier alpha value is -2.67. The monoisotopic (exact) mass is 363 g/mol. The lowest BCUT2D eigenvalue weighted by atomic mass is 10.0. The van der Waals surface area contributed by atoms with Crippen molar-refractivity contribution >= 4 is 17.8 Å². The summed E-state index contributed by atoms with van der Waals surface area (Å²) in [5.74, 6) is -0.644. The average molecular weight is 363 g/mol. The molecule has 0 radical (unpaired) electrons. The molecule has 1 rings (SSSR count). The van der Waals surface area contributed by atoms with Gasteiger partial charge in [-0.05, 0) is 18.6 Å². The molecule has 0 spiro atoms. The molecule has 1 aromatic rings. The lowest BCUT2D eigenvalue weighted by Gasteiger charge is -2.17. The van der Waals surface area contributed by atoms with Crippen LogP contribution in [0.15, 0.2) is 42.5 Å². The van der Waals surface area contributed by atoms with E-state index in [1.807, 2.05) is 6.07 Å². The van der Waals surface area contributed by atoms with Crippen molar-refractivity contribution in [2.24, 2.45) is 0 Å². The van der Waals surface area contributed by atoms with Crippen LogP contribution in [0.3, 0.4) is 0 Å². The molecule has 142 valence electrons. The molecule has 0 heterocycles. The first kappa shape index (κ1) is 21.4. The van der Waals surface area contributed by atoms with Gasteiger partial charge in [0, 0.05) is 0 Å². The van der Waals surface area contributed by atoms with Gasteiger partial charge in [0.2, 0.25) is 0 Å². The fourth-order valence-corrected chi connectivity index (χ4v) is 2.13. The van der Waals surface area contributed by atoms with Gasteiger partial charge in [0.25, 0.3) is 0 Å². The Morgan fingerprint density at radius 2 is 1.85 bits per heavy atom. The number of ether oxygens (including phenoxy) is 2. The maximum atomic E-state index is 12.4. The zero-order valence-corrected chi connectivity index (χ0v) is 15.2. The Kier molecular flexibility index (Phi) is 9.71. The van der Waals surface area contributed by atoms with Crippen molar-refractivity contribution in [2.75, 3.05) is 13.2 Å². The van der Waals surface area contributed by atoms with Gasteiger partial charge in [-0.3, -0.25) is 10.5 Å². The van der Waals surface area contributed by atoms with E-state index in [1.54, 1.807) is 24.3 Å². The number of unbranched alkanes of at least 4 members (excludes halogenated alkanes) is 3. The molecule has 1 atom stereocenters. The van der Waals surface area contributed by atoms with Crippen LogP contribution in [0.5, 0.6) is 5.75 Å². The summed E-state index contributed by atoms with van der Waals surface area (Å²) in [6.07, 6.45) is 3.07. The molecule has 0 saturated heterocycles. The van der Waals surface area contributed by atoms with Crippen molar-refractivity contribution in [3.63, 3.8) is 0 Å². The number of ketones is 1. The van der Waals surface area contributed by atoms with Gasteiger partial charge in [0.1, 0.15) is 18.4 Å². The lowest BCUT2D eigenvalue weighted by molar-refractivity contribution is -0.299. The van der Waals surface area contributed by atoms with Crippen LogP contribution in [0.25, 0.3) is 0 Å². The summed E-state index contributed by atoms with van der Waals surface area (Å²) in [6.45, 7) is 5.56. The van der Waals surface area contributed by atoms with E-state index in [4.69, 9.17) is 9.47 Å². The summed E-state index contributed by atoms with van der Waals surface area (Å²) in [4.78, 5) is 35.8. The minimum atomic E-state index is -1.23. The molecule has 0 bridgehead atoms. The highest BCUT2D eigenvalue weighted by atomic mass is 16.5. The van der Waals surface area contributed by atoms with Crippen molar-refractivity contribution in [1.29, 1.82) is 0 Å². The summed E-state index contributed by atoms with van der Waals surface area (Å²) in [6, 6.07) is 7.52. The van der Waals surface area contributed by atoms with Crippen molar-refractivity contribution in [1.82, 2.24) is 5.32 Å². The van der Waals surface area contributed by atoms with Gasteiger partial charge in [-0.15, -0.1) is 0 Å². The molecule has 1 aromatic carbocycles. The van der Waals surface area contributed by atoms with E-state index in [9.17, 15) is 14.4 Å². The summed E-state index contributed by atoms with van der Waals surface area (Å²) in [7, 11) is 0. The van der Waals surface area contributed by atoms with Crippen molar-refractivity contribution in [2.45, 2.75) is 38.6 Å². The second-order valence-corrected chi connectivity index (χ2v) is 5.79. The SMILES string of the molecule is C=C(C([NH3+])=O)[C@@H](NC(=O)OCCCCCC)C(=O)COc1ccccc1. The summed E-state index contributed by atoms with van der Waals surface area (Å²) < 4.78 is 10.4. The van der Waals surface area contributed by atoms with Crippen LogP contribution < -0.4 is 15.8 Å². The van der Waals surface area contributed by atoms with Crippen LogP contribution >= 0.6 is 0 Å². The van der Waals surface area contributed by atoms with Gasteiger partial charge in [-0.1, -0.05) is 51.0 Å². The quantitative estimate of drug-likeness (QED) is 0.433. The standard InChI is InChI=1S/C19H26N2O5/c1-3-4-5-9-12-25-19(24)21-17(14(2)18(20)23)16(22)13-26-15-10-7-6-8-11-15/h6-8,10-11,17H,2-5,9,12-13H2,1H3,(H2,20,23)(H,21,24)/p+1/t17-/m1/s1. The highest BCUT2D eigenvalue weighted by Gasteiger charge is 2.29. The molecule has 0 aliphatic heterocycles. The van der Waals surface area contributed by atoms with Crippen molar-refractivity contribution < 1.29 is 29.6 Å². The predicted octanol–water partition coefficient (Wildman–Crippen LogP) is 1.63. The van der Waals surface area contributed by atoms with Crippen LogP contribution in [0.2, 0.25) is 0 Å². The van der Waals surface area contributed by atoms with E-state index in [2.05, 4.69) is 24.6 Å². The second-order valence-electron chi connectivity index (χ2n) is 5.79. The Labute approximate surface area is 153 Å². The van der Waals surface area contributed by atoms with Crippen LogP contribution in [0.1, 0.15) is 32.6 Å². The molecule has 7 nitrogen and oxygen atoms in total. The topological polar surface area (TPSA) is 109 Å². The number of hydrogen-bond donors (Lipinski definition) is 2. The molecule has 26 heavy (non-hydrogen) atoms. The Balaban J connectivity index is 2.57. The minimum absolute atomic E-state index is 0.116. The zero-order chi connectivity index (χ0) is 19.4. The van der Waals surface area contributed by atoms with E-state index >= 15 is 0 Å². The van der Waals surface area contributed by atoms with Gasteiger partial charge < -0.3 is 14.8 Å².